The van der Waals surface area contributed by atoms with E-state index in [1.807, 2.05) is 74.5 Å². The number of nitrogens with one attached hydrogen (secondary N) is 2. The SMILES string of the molecule is Cc1cccc(C)c1NC(=O)CN(C)C(=O)Nc1cccc(CSc2ccccn2)c1. The van der Waals surface area contributed by atoms with Crippen LogP contribution in [-0.2, 0) is 10.5 Å². The standard InChI is InChI=1S/C24H26N4O2S/c1-17-8-6-9-18(2)23(17)27-21(29)15-28(3)24(30)26-20-11-7-10-19(14-20)16-31-22-12-4-5-13-25-22/h4-14H,15-16H2,1-3H3,(H,26,30)(H,27,29). The molecule has 0 atom stereocenters. The van der Waals surface area contributed by atoms with Gasteiger partial charge in [-0.2, -0.15) is 0 Å². The largest absolute Gasteiger partial charge is 0.324 e. The molecule has 0 radical (unpaired) electrons. The molecule has 0 bridgehead atoms. The number of pyridine rings is 1. The summed E-state index contributed by atoms with van der Waals surface area (Å²) in [5, 5.41) is 6.71. The molecule has 0 aliphatic heterocycles. The summed E-state index contributed by atoms with van der Waals surface area (Å²) < 4.78 is 0. The van der Waals surface area contributed by atoms with Gasteiger partial charge >= 0.3 is 6.03 Å². The summed E-state index contributed by atoms with van der Waals surface area (Å²) in [5.74, 6) is 0.505. The van der Waals surface area contributed by atoms with Crippen molar-refractivity contribution in [2.45, 2.75) is 24.6 Å². The van der Waals surface area contributed by atoms with E-state index in [2.05, 4.69) is 15.6 Å². The lowest BCUT2D eigenvalue weighted by atomic mass is 10.1. The van der Waals surface area contributed by atoms with Crippen LogP contribution in [0.2, 0.25) is 0 Å². The highest BCUT2D eigenvalue weighted by Gasteiger charge is 2.15. The minimum atomic E-state index is -0.341. The van der Waals surface area contributed by atoms with Crippen molar-refractivity contribution < 1.29 is 9.59 Å². The van der Waals surface area contributed by atoms with Crippen LogP contribution in [0.5, 0.6) is 0 Å². The first-order chi connectivity index (χ1) is 14.9. The number of thioether (sulfide) groups is 1. The van der Waals surface area contributed by atoms with Crippen molar-refractivity contribution in [2.24, 2.45) is 0 Å². The Morgan fingerprint density at radius 1 is 0.968 bits per heavy atom. The monoisotopic (exact) mass is 434 g/mol. The number of anilines is 2. The average Bonchev–Trinajstić information content (AvgIpc) is 2.76. The average molecular weight is 435 g/mol. The second-order valence-corrected chi connectivity index (χ2v) is 8.25. The predicted octanol–water partition coefficient (Wildman–Crippen LogP) is 5.09. The highest BCUT2D eigenvalue weighted by Crippen LogP contribution is 2.22. The lowest BCUT2D eigenvalue weighted by molar-refractivity contribution is -0.116. The molecule has 0 aliphatic rings. The topological polar surface area (TPSA) is 74.3 Å². The van der Waals surface area contributed by atoms with Gasteiger partial charge in [0.1, 0.15) is 6.54 Å². The van der Waals surface area contributed by atoms with Crippen LogP contribution in [0.3, 0.4) is 0 Å². The molecule has 0 fully saturated rings. The Morgan fingerprint density at radius 2 is 1.71 bits per heavy atom. The van der Waals surface area contributed by atoms with Crippen LogP contribution in [0.25, 0.3) is 0 Å². The van der Waals surface area contributed by atoms with Gasteiger partial charge in [-0.3, -0.25) is 4.79 Å². The molecule has 0 unspecified atom stereocenters. The van der Waals surface area contributed by atoms with Crippen molar-refractivity contribution in [3.05, 3.63) is 83.6 Å². The van der Waals surface area contributed by atoms with E-state index >= 15 is 0 Å². The van der Waals surface area contributed by atoms with E-state index < -0.39 is 0 Å². The number of urea groups is 1. The molecule has 6 nitrogen and oxygen atoms in total. The van der Waals surface area contributed by atoms with E-state index in [9.17, 15) is 9.59 Å². The van der Waals surface area contributed by atoms with Gasteiger partial charge in [-0.15, -0.1) is 11.8 Å². The lowest BCUT2D eigenvalue weighted by Gasteiger charge is -2.19. The van der Waals surface area contributed by atoms with Crippen LogP contribution in [0.4, 0.5) is 16.2 Å². The fraction of sp³-hybridized carbons (Fsp3) is 0.208. The third kappa shape index (κ3) is 6.58. The second kappa shape index (κ2) is 10.6. The molecule has 1 aromatic heterocycles. The number of para-hydroxylation sites is 1. The number of nitrogens with zero attached hydrogens (tertiary/aromatic N) is 2. The number of hydrogen-bond donors (Lipinski definition) is 2. The van der Waals surface area contributed by atoms with Crippen LogP contribution in [0.1, 0.15) is 16.7 Å². The molecule has 7 heteroatoms. The third-order valence-electron chi connectivity index (χ3n) is 4.68. The number of carbonyl (C=O) groups is 2. The van der Waals surface area contributed by atoms with Gasteiger partial charge in [-0.05, 0) is 54.8 Å². The van der Waals surface area contributed by atoms with Gasteiger partial charge in [0.05, 0.1) is 5.03 Å². The smallest absolute Gasteiger partial charge is 0.322 e. The maximum atomic E-state index is 12.5. The Morgan fingerprint density at radius 3 is 2.42 bits per heavy atom. The third-order valence-corrected chi connectivity index (χ3v) is 5.69. The minimum Gasteiger partial charge on any atom is -0.324 e. The Bertz CT molecular complexity index is 1040. The molecular formula is C24H26N4O2S. The van der Waals surface area contributed by atoms with E-state index in [0.717, 1.165) is 33.2 Å². The van der Waals surface area contributed by atoms with Gasteiger partial charge in [0.25, 0.3) is 0 Å². The molecule has 0 aliphatic carbocycles. The molecule has 3 rings (SSSR count). The van der Waals surface area contributed by atoms with Crippen LogP contribution in [0, 0.1) is 13.8 Å². The summed E-state index contributed by atoms with van der Waals surface area (Å²) in [5.41, 5.74) is 4.52. The predicted molar refractivity (Wildman–Crippen MR) is 126 cm³/mol. The number of likely N-dealkylation sites (N-methyl/N-ethyl adjacent to an activating group) is 1. The lowest BCUT2D eigenvalue weighted by Crippen LogP contribution is -2.37. The van der Waals surface area contributed by atoms with E-state index in [4.69, 9.17) is 0 Å². The van der Waals surface area contributed by atoms with Crippen molar-refractivity contribution in [3.63, 3.8) is 0 Å². The fourth-order valence-corrected chi connectivity index (χ4v) is 3.83. The summed E-state index contributed by atoms with van der Waals surface area (Å²) in [6.45, 7) is 3.84. The molecule has 3 amide bonds. The van der Waals surface area contributed by atoms with Crippen molar-refractivity contribution in [1.29, 1.82) is 0 Å². The maximum Gasteiger partial charge on any atom is 0.322 e. The number of hydrogen-bond acceptors (Lipinski definition) is 4. The quantitative estimate of drug-likeness (QED) is 0.508. The minimum absolute atomic E-state index is 0.0468. The number of amides is 3. The van der Waals surface area contributed by atoms with Crippen molar-refractivity contribution in [3.8, 4) is 0 Å². The molecule has 0 spiro atoms. The Balaban J connectivity index is 1.54. The van der Waals surface area contributed by atoms with Gasteiger partial charge in [-0.25, -0.2) is 9.78 Å². The first-order valence-electron chi connectivity index (χ1n) is 9.93. The molecule has 2 aromatic carbocycles. The second-order valence-electron chi connectivity index (χ2n) is 7.26. The summed E-state index contributed by atoms with van der Waals surface area (Å²) in [6, 6.07) is 19.0. The zero-order valence-electron chi connectivity index (χ0n) is 17.9. The van der Waals surface area contributed by atoms with Crippen molar-refractivity contribution in [1.82, 2.24) is 9.88 Å². The van der Waals surface area contributed by atoms with E-state index in [1.165, 1.54) is 4.90 Å². The number of benzene rings is 2. The highest BCUT2D eigenvalue weighted by atomic mass is 32.2. The molecule has 3 aromatic rings. The van der Waals surface area contributed by atoms with Gasteiger partial charge in [0, 0.05) is 30.4 Å². The molecule has 0 saturated carbocycles. The number of rotatable bonds is 7. The van der Waals surface area contributed by atoms with Gasteiger partial charge < -0.3 is 15.5 Å². The summed E-state index contributed by atoms with van der Waals surface area (Å²) in [4.78, 5) is 30.6. The molecule has 31 heavy (non-hydrogen) atoms. The Kier molecular flexibility index (Phi) is 7.67. The van der Waals surface area contributed by atoms with Gasteiger partial charge in [-0.1, -0.05) is 36.4 Å². The fourth-order valence-electron chi connectivity index (χ4n) is 3.03. The van der Waals surface area contributed by atoms with Crippen molar-refractivity contribution in [2.75, 3.05) is 24.2 Å². The normalized spacial score (nSPS) is 10.4. The van der Waals surface area contributed by atoms with E-state index in [1.54, 1.807) is 25.0 Å². The maximum absolute atomic E-state index is 12.5. The Hall–Kier alpha value is -3.32. The molecule has 0 saturated heterocycles. The zero-order valence-corrected chi connectivity index (χ0v) is 18.7. The van der Waals surface area contributed by atoms with Crippen LogP contribution < -0.4 is 10.6 Å². The Labute approximate surface area is 187 Å². The number of aryl methyl sites for hydroxylation is 2. The first kappa shape index (κ1) is 22.4. The summed E-state index contributed by atoms with van der Waals surface area (Å²) in [7, 11) is 1.60. The van der Waals surface area contributed by atoms with Gasteiger partial charge in [0.2, 0.25) is 5.91 Å². The summed E-state index contributed by atoms with van der Waals surface area (Å²) in [6.07, 6.45) is 1.77. The molecule has 1 heterocycles. The van der Waals surface area contributed by atoms with Gasteiger partial charge in [0.15, 0.2) is 0 Å². The molecule has 160 valence electrons. The number of aromatic nitrogens is 1. The summed E-state index contributed by atoms with van der Waals surface area (Å²) >= 11 is 1.63. The van der Waals surface area contributed by atoms with Crippen molar-refractivity contribution >= 4 is 35.1 Å². The number of carbonyl (C=O) groups excluding carboxylic acids is 2. The first-order valence-corrected chi connectivity index (χ1v) is 10.9. The van der Waals surface area contributed by atoms with E-state index in [0.29, 0.717) is 5.69 Å². The molecular weight excluding hydrogens is 408 g/mol. The zero-order chi connectivity index (χ0) is 22.2. The molecule has 2 N–H and O–H groups in total. The van der Waals surface area contributed by atoms with E-state index in [-0.39, 0.29) is 18.5 Å². The van der Waals surface area contributed by atoms with Crippen LogP contribution >= 0.6 is 11.8 Å². The van der Waals surface area contributed by atoms with Crippen LogP contribution in [0.15, 0.2) is 71.9 Å². The highest BCUT2D eigenvalue weighted by molar-refractivity contribution is 7.98. The van der Waals surface area contributed by atoms with Crippen LogP contribution in [-0.4, -0.2) is 35.4 Å².